The Morgan fingerprint density at radius 1 is 1.20 bits per heavy atom. The molecule has 0 N–H and O–H groups in total. The van der Waals surface area contributed by atoms with E-state index >= 15 is 0 Å². The summed E-state index contributed by atoms with van der Waals surface area (Å²) in [6.45, 7) is 0.771. The van der Waals surface area contributed by atoms with Crippen molar-refractivity contribution in [3.05, 3.63) is 35.9 Å². The standard InChI is InChI=1S/C14H19F3N2S/c1-20-11-19-8-7-18(10-14(15,16)17)9-13(19)12-5-3-2-4-6-12/h2-6,13H,7-11H2,1H3/t13-/m0/s1. The number of thioether (sulfide) groups is 1. The lowest BCUT2D eigenvalue weighted by Gasteiger charge is -2.41. The molecule has 1 aromatic carbocycles. The Kier molecular flexibility index (Phi) is 5.35. The Labute approximate surface area is 121 Å². The lowest BCUT2D eigenvalue weighted by molar-refractivity contribution is -0.151. The van der Waals surface area contributed by atoms with Crippen molar-refractivity contribution in [3.63, 3.8) is 0 Å². The minimum absolute atomic E-state index is 0.0414. The van der Waals surface area contributed by atoms with E-state index in [4.69, 9.17) is 0 Å². The van der Waals surface area contributed by atoms with E-state index in [1.54, 1.807) is 11.8 Å². The molecule has 0 radical (unpaired) electrons. The van der Waals surface area contributed by atoms with E-state index < -0.39 is 12.7 Å². The van der Waals surface area contributed by atoms with Gasteiger partial charge in [-0.3, -0.25) is 9.80 Å². The fourth-order valence-corrected chi connectivity index (χ4v) is 3.23. The number of nitrogens with zero attached hydrogens (tertiary/aromatic N) is 2. The quantitative estimate of drug-likeness (QED) is 0.843. The number of piperazine rings is 1. The summed E-state index contributed by atoms with van der Waals surface area (Å²) in [4.78, 5) is 3.77. The van der Waals surface area contributed by atoms with Crippen LogP contribution in [0.25, 0.3) is 0 Å². The molecule has 1 heterocycles. The third kappa shape index (κ3) is 4.40. The SMILES string of the molecule is CSCN1CCN(CC(F)(F)F)C[C@H]1c1ccccc1. The van der Waals surface area contributed by atoms with E-state index in [-0.39, 0.29) is 6.04 Å². The zero-order valence-electron chi connectivity index (χ0n) is 11.4. The van der Waals surface area contributed by atoms with E-state index in [0.29, 0.717) is 19.6 Å². The first-order valence-electron chi connectivity index (χ1n) is 6.56. The second-order valence-electron chi connectivity index (χ2n) is 5.01. The Hall–Kier alpha value is -0.720. The van der Waals surface area contributed by atoms with Crippen molar-refractivity contribution in [2.24, 2.45) is 0 Å². The summed E-state index contributed by atoms with van der Waals surface area (Å²) in [5.41, 5.74) is 1.09. The van der Waals surface area contributed by atoms with Crippen LogP contribution in [0.15, 0.2) is 30.3 Å². The van der Waals surface area contributed by atoms with Gasteiger partial charge in [0.2, 0.25) is 0 Å². The van der Waals surface area contributed by atoms with E-state index in [0.717, 1.165) is 11.4 Å². The van der Waals surface area contributed by atoms with Gasteiger partial charge in [-0.2, -0.15) is 13.2 Å². The largest absolute Gasteiger partial charge is 0.401 e. The average Bonchev–Trinajstić information content (AvgIpc) is 2.40. The highest BCUT2D eigenvalue weighted by atomic mass is 32.2. The molecule has 112 valence electrons. The van der Waals surface area contributed by atoms with Crippen LogP contribution in [0.3, 0.4) is 0 Å². The minimum Gasteiger partial charge on any atom is -0.292 e. The van der Waals surface area contributed by atoms with E-state index in [1.165, 1.54) is 4.90 Å². The van der Waals surface area contributed by atoms with Crippen LogP contribution in [0, 0.1) is 0 Å². The van der Waals surface area contributed by atoms with Gasteiger partial charge in [0.05, 0.1) is 6.54 Å². The molecule has 0 spiro atoms. The predicted molar refractivity (Wildman–Crippen MR) is 76.8 cm³/mol. The average molecular weight is 304 g/mol. The van der Waals surface area contributed by atoms with Crippen molar-refractivity contribution in [2.45, 2.75) is 12.2 Å². The predicted octanol–water partition coefficient (Wildman–Crippen LogP) is 3.23. The van der Waals surface area contributed by atoms with Gasteiger partial charge in [0.15, 0.2) is 0 Å². The third-order valence-electron chi connectivity index (χ3n) is 3.46. The molecule has 0 aromatic heterocycles. The van der Waals surface area contributed by atoms with E-state index in [2.05, 4.69) is 4.90 Å². The normalized spacial score (nSPS) is 22.1. The van der Waals surface area contributed by atoms with Gasteiger partial charge in [0.1, 0.15) is 0 Å². The molecule has 20 heavy (non-hydrogen) atoms. The molecular weight excluding hydrogens is 285 g/mol. The van der Waals surface area contributed by atoms with Crippen LogP contribution < -0.4 is 0 Å². The molecule has 0 saturated carbocycles. The van der Waals surface area contributed by atoms with Crippen LogP contribution in [-0.2, 0) is 0 Å². The van der Waals surface area contributed by atoms with Gasteiger partial charge in [0.25, 0.3) is 0 Å². The van der Waals surface area contributed by atoms with Crippen LogP contribution in [0.2, 0.25) is 0 Å². The minimum atomic E-state index is -4.12. The lowest BCUT2D eigenvalue weighted by Crippen LogP contribution is -2.50. The number of benzene rings is 1. The molecular formula is C14H19F3N2S. The van der Waals surface area contributed by atoms with Gasteiger partial charge < -0.3 is 0 Å². The first kappa shape index (κ1) is 15.7. The fourth-order valence-electron chi connectivity index (χ4n) is 2.59. The molecule has 0 unspecified atom stereocenters. The summed E-state index contributed by atoms with van der Waals surface area (Å²) in [6, 6.07) is 9.84. The van der Waals surface area contributed by atoms with Crippen molar-refractivity contribution >= 4 is 11.8 Å². The van der Waals surface area contributed by atoms with Crippen LogP contribution in [0.4, 0.5) is 13.2 Å². The maximum atomic E-state index is 12.6. The van der Waals surface area contributed by atoms with E-state index in [9.17, 15) is 13.2 Å². The summed E-state index contributed by atoms with van der Waals surface area (Å²) < 4.78 is 37.7. The summed E-state index contributed by atoms with van der Waals surface area (Å²) in [5, 5.41) is 0. The molecule has 6 heteroatoms. The van der Waals surface area contributed by atoms with Gasteiger partial charge in [-0.05, 0) is 11.8 Å². The van der Waals surface area contributed by atoms with Crippen LogP contribution >= 0.6 is 11.8 Å². The number of halogens is 3. The second-order valence-corrected chi connectivity index (χ2v) is 5.84. The molecule has 1 saturated heterocycles. The monoisotopic (exact) mass is 304 g/mol. The van der Waals surface area contributed by atoms with Crippen molar-refractivity contribution in [1.29, 1.82) is 0 Å². The molecule has 0 bridgehead atoms. The first-order chi connectivity index (χ1) is 9.49. The van der Waals surface area contributed by atoms with Gasteiger partial charge in [-0.25, -0.2) is 0 Å². The highest BCUT2D eigenvalue weighted by Crippen LogP contribution is 2.28. The lowest BCUT2D eigenvalue weighted by atomic mass is 10.0. The summed E-state index contributed by atoms with van der Waals surface area (Å²) in [7, 11) is 0. The molecule has 1 fully saturated rings. The smallest absolute Gasteiger partial charge is 0.292 e. The molecule has 1 aliphatic heterocycles. The Morgan fingerprint density at radius 2 is 1.90 bits per heavy atom. The van der Waals surface area contributed by atoms with Crippen LogP contribution in [-0.4, -0.2) is 54.3 Å². The van der Waals surface area contributed by atoms with Crippen molar-refractivity contribution < 1.29 is 13.2 Å². The zero-order valence-corrected chi connectivity index (χ0v) is 12.3. The third-order valence-corrected chi connectivity index (χ3v) is 4.05. The van der Waals surface area contributed by atoms with Crippen LogP contribution in [0.1, 0.15) is 11.6 Å². The molecule has 0 amide bonds. The highest BCUT2D eigenvalue weighted by molar-refractivity contribution is 7.98. The summed E-state index contributed by atoms with van der Waals surface area (Å²) in [6.07, 6.45) is -2.10. The second kappa shape index (κ2) is 6.83. The Balaban J connectivity index is 2.10. The van der Waals surface area contributed by atoms with E-state index in [1.807, 2.05) is 36.6 Å². The van der Waals surface area contributed by atoms with Crippen molar-refractivity contribution in [2.75, 3.05) is 38.3 Å². The summed E-state index contributed by atoms with van der Waals surface area (Å²) >= 11 is 1.71. The van der Waals surface area contributed by atoms with Crippen molar-refractivity contribution in [3.8, 4) is 0 Å². The van der Waals surface area contributed by atoms with Gasteiger partial charge >= 0.3 is 6.18 Å². The van der Waals surface area contributed by atoms with Crippen LogP contribution in [0.5, 0.6) is 0 Å². The number of hydrogen-bond acceptors (Lipinski definition) is 3. The Bertz CT molecular complexity index is 411. The molecule has 1 aromatic rings. The zero-order chi connectivity index (χ0) is 14.6. The highest BCUT2D eigenvalue weighted by Gasteiger charge is 2.35. The number of alkyl halides is 3. The maximum absolute atomic E-state index is 12.6. The molecule has 2 nitrogen and oxygen atoms in total. The van der Waals surface area contributed by atoms with Gasteiger partial charge in [-0.15, -0.1) is 11.8 Å². The molecule has 2 rings (SSSR count). The van der Waals surface area contributed by atoms with Gasteiger partial charge in [-0.1, -0.05) is 30.3 Å². The maximum Gasteiger partial charge on any atom is 0.401 e. The molecule has 0 aliphatic carbocycles. The number of hydrogen-bond donors (Lipinski definition) is 0. The summed E-state index contributed by atoms with van der Waals surface area (Å²) in [5.74, 6) is 0.847. The first-order valence-corrected chi connectivity index (χ1v) is 7.96. The molecule has 1 aliphatic rings. The molecule has 1 atom stereocenters. The number of rotatable bonds is 4. The topological polar surface area (TPSA) is 6.48 Å². The Morgan fingerprint density at radius 3 is 2.50 bits per heavy atom. The van der Waals surface area contributed by atoms with Crippen molar-refractivity contribution in [1.82, 2.24) is 9.80 Å². The fraction of sp³-hybridized carbons (Fsp3) is 0.571. The van der Waals surface area contributed by atoms with Gasteiger partial charge in [0, 0.05) is 31.6 Å².